The molecule has 0 saturated carbocycles. The fourth-order valence-electron chi connectivity index (χ4n) is 1.32. The van der Waals surface area contributed by atoms with Crippen LogP contribution in [0.2, 0.25) is 0 Å². The third-order valence-corrected chi connectivity index (χ3v) is 1.79. The zero-order chi connectivity index (χ0) is 8.16. The monoisotopic (exact) mass is 154 g/mol. The van der Waals surface area contributed by atoms with Crippen LogP contribution in [-0.4, -0.2) is 27.4 Å². The highest BCUT2D eigenvalue weighted by atomic mass is 16.5. The minimum Gasteiger partial charge on any atom is -0.383 e. The first-order chi connectivity index (χ1) is 5.33. The molecule has 0 heterocycles. The van der Waals surface area contributed by atoms with Gasteiger partial charge in [0.1, 0.15) is 0 Å². The van der Waals surface area contributed by atoms with Crippen LogP contribution >= 0.6 is 0 Å². The second kappa shape index (κ2) is 3.69. The van der Waals surface area contributed by atoms with Gasteiger partial charge in [0.15, 0.2) is 0 Å². The molecule has 0 aromatic rings. The molecule has 0 unspecified atom stereocenters. The first-order valence-electron chi connectivity index (χ1n) is 3.68. The van der Waals surface area contributed by atoms with Gasteiger partial charge in [-0.05, 0) is 0 Å². The maximum atomic E-state index is 5.10. The molecule has 0 aromatic heterocycles. The Morgan fingerprint density at radius 3 is 1.82 bits per heavy atom. The lowest BCUT2D eigenvalue weighted by molar-refractivity contribution is 0.0689. The van der Waals surface area contributed by atoms with E-state index in [-0.39, 0.29) is 5.41 Å². The molecule has 0 aliphatic heterocycles. The molecule has 62 valence electrons. The quantitative estimate of drug-likeness (QED) is 0.609. The van der Waals surface area contributed by atoms with Crippen molar-refractivity contribution in [2.45, 2.75) is 0 Å². The summed E-state index contributed by atoms with van der Waals surface area (Å²) in [6, 6.07) is 0. The molecule has 0 aromatic carbocycles. The third-order valence-electron chi connectivity index (χ3n) is 1.79. The molecule has 0 N–H and O–H groups in total. The van der Waals surface area contributed by atoms with Crippen LogP contribution in [0.15, 0.2) is 24.3 Å². The summed E-state index contributed by atoms with van der Waals surface area (Å²) in [6.45, 7) is 1.38. The number of ether oxygens (including phenoxy) is 2. The van der Waals surface area contributed by atoms with Gasteiger partial charge in [0.05, 0.1) is 18.6 Å². The highest BCUT2D eigenvalue weighted by Gasteiger charge is 2.25. The molecule has 0 bridgehead atoms. The molecule has 2 heteroatoms. The average molecular weight is 154 g/mol. The van der Waals surface area contributed by atoms with Crippen molar-refractivity contribution in [1.82, 2.24) is 0 Å². The molecule has 0 spiro atoms. The number of rotatable bonds is 4. The lowest BCUT2D eigenvalue weighted by atomic mass is 9.93. The van der Waals surface area contributed by atoms with Gasteiger partial charge in [0, 0.05) is 14.2 Å². The predicted octanol–water partition coefficient (Wildman–Crippen LogP) is 1.39. The predicted molar refractivity (Wildman–Crippen MR) is 44.5 cm³/mol. The van der Waals surface area contributed by atoms with E-state index < -0.39 is 0 Å². The summed E-state index contributed by atoms with van der Waals surface area (Å²) in [5.74, 6) is 0. The zero-order valence-corrected chi connectivity index (χ0v) is 7.04. The highest BCUT2D eigenvalue weighted by Crippen LogP contribution is 2.26. The Hall–Kier alpha value is -0.600. The van der Waals surface area contributed by atoms with E-state index >= 15 is 0 Å². The number of hydrogen-bond donors (Lipinski definition) is 0. The summed E-state index contributed by atoms with van der Waals surface area (Å²) in [5.41, 5.74) is -0.0104. The second-order valence-electron chi connectivity index (χ2n) is 2.82. The van der Waals surface area contributed by atoms with Gasteiger partial charge < -0.3 is 9.47 Å². The first-order valence-corrected chi connectivity index (χ1v) is 3.68. The molecule has 1 aliphatic rings. The maximum absolute atomic E-state index is 5.10. The Labute approximate surface area is 67.5 Å². The fraction of sp³-hybridized carbons (Fsp3) is 0.556. The van der Waals surface area contributed by atoms with Crippen LogP contribution in [0, 0.1) is 5.41 Å². The van der Waals surface area contributed by atoms with E-state index in [9.17, 15) is 0 Å². The number of hydrogen-bond acceptors (Lipinski definition) is 2. The van der Waals surface area contributed by atoms with Gasteiger partial charge >= 0.3 is 0 Å². The first kappa shape index (κ1) is 8.50. The van der Waals surface area contributed by atoms with Crippen LogP contribution in [0.25, 0.3) is 0 Å². The molecule has 0 fully saturated rings. The fourth-order valence-corrected chi connectivity index (χ4v) is 1.32. The minimum atomic E-state index is -0.0104. The highest BCUT2D eigenvalue weighted by molar-refractivity contribution is 5.25. The van der Waals surface area contributed by atoms with Crippen molar-refractivity contribution in [2.24, 2.45) is 5.41 Å². The normalized spacial score (nSPS) is 19.5. The summed E-state index contributed by atoms with van der Waals surface area (Å²) < 4.78 is 10.2. The van der Waals surface area contributed by atoms with Gasteiger partial charge in [-0.25, -0.2) is 0 Å². The standard InChI is InChI=1S/C9H14O2/c1-10-7-9(8-11-2)5-3-4-6-9/h3-6H,7-8H2,1-2H3. The summed E-state index contributed by atoms with van der Waals surface area (Å²) in [5, 5.41) is 0. The van der Waals surface area contributed by atoms with Crippen molar-refractivity contribution in [3.05, 3.63) is 24.3 Å². The Bertz CT molecular complexity index is 150. The molecule has 0 atom stereocenters. The SMILES string of the molecule is COCC1(COC)C=CC=C1. The zero-order valence-electron chi connectivity index (χ0n) is 7.04. The summed E-state index contributed by atoms with van der Waals surface area (Å²) in [6.07, 6.45) is 8.27. The molecular formula is C9H14O2. The molecule has 2 nitrogen and oxygen atoms in total. The van der Waals surface area contributed by atoms with Crippen molar-refractivity contribution < 1.29 is 9.47 Å². The smallest absolute Gasteiger partial charge is 0.0610 e. The van der Waals surface area contributed by atoms with Crippen LogP contribution in [0.4, 0.5) is 0 Å². The van der Waals surface area contributed by atoms with Gasteiger partial charge in [0.25, 0.3) is 0 Å². The Kier molecular flexibility index (Phi) is 2.85. The van der Waals surface area contributed by atoms with Crippen molar-refractivity contribution in [3.63, 3.8) is 0 Å². The van der Waals surface area contributed by atoms with Crippen LogP contribution in [0.1, 0.15) is 0 Å². The summed E-state index contributed by atoms with van der Waals surface area (Å²) in [7, 11) is 3.41. The van der Waals surface area contributed by atoms with Crippen LogP contribution in [-0.2, 0) is 9.47 Å². The largest absolute Gasteiger partial charge is 0.383 e. The maximum Gasteiger partial charge on any atom is 0.0610 e. The lowest BCUT2D eigenvalue weighted by Gasteiger charge is -2.22. The van der Waals surface area contributed by atoms with Crippen molar-refractivity contribution in [2.75, 3.05) is 27.4 Å². The minimum absolute atomic E-state index is 0.0104. The van der Waals surface area contributed by atoms with E-state index in [4.69, 9.17) is 9.47 Å². The molecule has 0 saturated heterocycles. The van der Waals surface area contributed by atoms with Crippen LogP contribution in [0.3, 0.4) is 0 Å². The van der Waals surface area contributed by atoms with Crippen LogP contribution < -0.4 is 0 Å². The number of allylic oxidation sites excluding steroid dienone is 2. The van der Waals surface area contributed by atoms with E-state index in [2.05, 4.69) is 12.2 Å². The summed E-state index contributed by atoms with van der Waals surface area (Å²) in [4.78, 5) is 0. The van der Waals surface area contributed by atoms with Gasteiger partial charge in [-0.3, -0.25) is 0 Å². The Morgan fingerprint density at radius 1 is 1.00 bits per heavy atom. The topological polar surface area (TPSA) is 18.5 Å². The molecule has 0 amide bonds. The number of methoxy groups -OCH3 is 2. The average Bonchev–Trinajstić information content (AvgIpc) is 2.39. The van der Waals surface area contributed by atoms with E-state index in [0.29, 0.717) is 13.2 Å². The molecule has 0 radical (unpaired) electrons. The Morgan fingerprint density at radius 2 is 1.45 bits per heavy atom. The second-order valence-corrected chi connectivity index (χ2v) is 2.82. The molecular weight excluding hydrogens is 140 g/mol. The molecule has 1 aliphatic carbocycles. The van der Waals surface area contributed by atoms with E-state index in [1.54, 1.807) is 14.2 Å². The van der Waals surface area contributed by atoms with E-state index in [0.717, 1.165) is 0 Å². The van der Waals surface area contributed by atoms with Crippen molar-refractivity contribution >= 4 is 0 Å². The van der Waals surface area contributed by atoms with E-state index in [1.165, 1.54) is 0 Å². The van der Waals surface area contributed by atoms with Gasteiger partial charge in [-0.1, -0.05) is 24.3 Å². The molecule has 11 heavy (non-hydrogen) atoms. The summed E-state index contributed by atoms with van der Waals surface area (Å²) >= 11 is 0. The van der Waals surface area contributed by atoms with Crippen molar-refractivity contribution in [1.29, 1.82) is 0 Å². The van der Waals surface area contributed by atoms with Crippen LogP contribution in [0.5, 0.6) is 0 Å². The van der Waals surface area contributed by atoms with Gasteiger partial charge in [-0.2, -0.15) is 0 Å². The third kappa shape index (κ3) is 1.91. The van der Waals surface area contributed by atoms with Gasteiger partial charge in [0.2, 0.25) is 0 Å². The molecule has 1 rings (SSSR count). The van der Waals surface area contributed by atoms with E-state index in [1.807, 2.05) is 12.2 Å². The lowest BCUT2D eigenvalue weighted by Crippen LogP contribution is -2.25. The Balaban J connectivity index is 2.56. The van der Waals surface area contributed by atoms with Gasteiger partial charge in [-0.15, -0.1) is 0 Å². The van der Waals surface area contributed by atoms with Crippen molar-refractivity contribution in [3.8, 4) is 0 Å².